The Labute approximate surface area is 148 Å². The third-order valence-corrected chi connectivity index (χ3v) is 3.98. The molecule has 1 heterocycles. The summed E-state index contributed by atoms with van der Waals surface area (Å²) in [6, 6.07) is 0.619. The Kier molecular flexibility index (Phi) is 8.50. The molecule has 1 aliphatic rings. The largest absolute Gasteiger partial charge is 0.356 e. The third kappa shape index (κ3) is 7.96. The van der Waals surface area contributed by atoms with E-state index < -0.39 is 0 Å². The number of aryl methyl sites for hydroxylation is 1. The highest BCUT2D eigenvalue weighted by molar-refractivity contribution is 14.0. The summed E-state index contributed by atoms with van der Waals surface area (Å²) < 4.78 is 0. The van der Waals surface area contributed by atoms with E-state index in [2.05, 4.69) is 45.0 Å². The Morgan fingerprint density at radius 3 is 2.81 bits per heavy atom. The maximum absolute atomic E-state index is 4.63. The molecule has 0 aliphatic heterocycles. The molecule has 0 atom stereocenters. The average molecular weight is 423 g/mol. The molecule has 0 aromatic carbocycles. The molecule has 2 N–H and O–H groups in total. The second-order valence-corrected chi connectivity index (χ2v) is 6.49. The number of halogens is 1. The van der Waals surface area contributed by atoms with Gasteiger partial charge in [0, 0.05) is 23.7 Å². The highest BCUT2D eigenvalue weighted by Crippen LogP contribution is 2.18. The second-order valence-electron chi connectivity index (χ2n) is 5.55. The van der Waals surface area contributed by atoms with E-state index in [0.717, 1.165) is 36.2 Å². The first-order chi connectivity index (χ1) is 9.63. The fourth-order valence-electron chi connectivity index (χ4n) is 1.80. The molecule has 0 unspecified atom stereocenters. The molecule has 0 saturated heterocycles. The molecule has 1 aromatic heterocycles. The van der Waals surface area contributed by atoms with Gasteiger partial charge in [-0.2, -0.15) is 0 Å². The minimum Gasteiger partial charge on any atom is -0.356 e. The number of hydrogen-bond acceptors (Lipinski definition) is 4. The van der Waals surface area contributed by atoms with Crippen LogP contribution in [0, 0.1) is 6.92 Å². The van der Waals surface area contributed by atoms with Gasteiger partial charge in [0.1, 0.15) is 5.01 Å². The summed E-state index contributed by atoms with van der Waals surface area (Å²) in [5, 5.41) is 10.0. The third-order valence-electron chi connectivity index (χ3n) is 3.03. The summed E-state index contributed by atoms with van der Waals surface area (Å²) in [5.41, 5.74) is 1.08. The van der Waals surface area contributed by atoms with Gasteiger partial charge >= 0.3 is 0 Å². The molecule has 2 rings (SSSR count). The molecule has 1 saturated carbocycles. The molecule has 1 aliphatic carbocycles. The number of aromatic nitrogens is 1. The van der Waals surface area contributed by atoms with E-state index in [0.29, 0.717) is 12.6 Å². The summed E-state index contributed by atoms with van der Waals surface area (Å²) in [4.78, 5) is 11.3. The van der Waals surface area contributed by atoms with Gasteiger partial charge in [0.25, 0.3) is 0 Å². The van der Waals surface area contributed by atoms with Crippen LogP contribution in [-0.4, -0.2) is 49.1 Å². The topological polar surface area (TPSA) is 52.6 Å². The lowest BCUT2D eigenvalue weighted by molar-refractivity contribution is 0.399. The normalized spacial score (nSPS) is 15.0. The van der Waals surface area contributed by atoms with Crippen LogP contribution in [0.4, 0.5) is 0 Å². The van der Waals surface area contributed by atoms with Crippen molar-refractivity contribution in [3.8, 4) is 0 Å². The minimum absolute atomic E-state index is 0. The van der Waals surface area contributed by atoms with Crippen molar-refractivity contribution in [2.75, 3.05) is 27.2 Å². The fraction of sp³-hybridized carbons (Fsp3) is 0.714. The molecule has 21 heavy (non-hydrogen) atoms. The van der Waals surface area contributed by atoms with Crippen molar-refractivity contribution in [3.63, 3.8) is 0 Å². The lowest BCUT2D eigenvalue weighted by Crippen LogP contribution is -2.39. The summed E-state index contributed by atoms with van der Waals surface area (Å²) in [6.45, 7) is 4.73. The minimum atomic E-state index is 0. The van der Waals surface area contributed by atoms with Crippen LogP contribution < -0.4 is 10.6 Å². The van der Waals surface area contributed by atoms with Crippen molar-refractivity contribution in [1.29, 1.82) is 0 Å². The van der Waals surface area contributed by atoms with E-state index in [-0.39, 0.29) is 24.0 Å². The molecule has 120 valence electrons. The van der Waals surface area contributed by atoms with E-state index in [1.54, 1.807) is 11.3 Å². The van der Waals surface area contributed by atoms with Crippen LogP contribution >= 0.6 is 35.3 Å². The molecule has 0 radical (unpaired) electrons. The standard InChI is InChI=1S/C14H25N5S.HI/c1-11-10-20-13(17-11)9-16-14(18-12-5-6-12)15-7-4-8-19(2)3;/h10,12H,4-9H2,1-3H3,(H2,15,16,18);1H. The van der Waals surface area contributed by atoms with Crippen molar-refractivity contribution in [2.45, 2.75) is 38.8 Å². The van der Waals surface area contributed by atoms with E-state index in [1.165, 1.54) is 12.8 Å². The molecule has 0 spiro atoms. The van der Waals surface area contributed by atoms with Crippen LogP contribution in [-0.2, 0) is 6.54 Å². The Bertz CT molecular complexity index is 442. The number of aliphatic imine (C=N–C) groups is 1. The number of nitrogens with zero attached hydrogens (tertiary/aromatic N) is 3. The average Bonchev–Trinajstić information content (AvgIpc) is 3.12. The smallest absolute Gasteiger partial charge is 0.191 e. The first-order valence-electron chi connectivity index (χ1n) is 7.24. The molecule has 1 aromatic rings. The van der Waals surface area contributed by atoms with Gasteiger partial charge in [0.2, 0.25) is 0 Å². The van der Waals surface area contributed by atoms with Crippen molar-refractivity contribution >= 4 is 41.3 Å². The van der Waals surface area contributed by atoms with Crippen molar-refractivity contribution in [2.24, 2.45) is 4.99 Å². The molecular formula is C14H26IN5S. The summed E-state index contributed by atoms with van der Waals surface area (Å²) in [7, 11) is 4.20. The zero-order chi connectivity index (χ0) is 14.4. The highest BCUT2D eigenvalue weighted by atomic mass is 127. The van der Waals surface area contributed by atoms with Gasteiger partial charge in [-0.25, -0.2) is 9.98 Å². The van der Waals surface area contributed by atoms with Gasteiger partial charge in [-0.15, -0.1) is 35.3 Å². The summed E-state index contributed by atoms with van der Waals surface area (Å²) >= 11 is 1.68. The number of hydrogen-bond donors (Lipinski definition) is 2. The summed E-state index contributed by atoms with van der Waals surface area (Å²) in [5.74, 6) is 0.930. The maximum Gasteiger partial charge on any atom is 0.191 e. The van der Waals surface area contributed by atoms with Crippen LogP contribution in [0.5, 0.6) is 0 Å². The molecule has 0 amide bonds. The first kappa shape index (κ1) is 18.6. The molecule has 1 fully saturated rings. The van der Waals surface area contributed by atoms with E-state index in [1.807, 2.05) is 6.92 Å². The summed E-state index contributed by atoms with van der Waals surface area (Å²) in [6.07, 6.45) is 3.64. The predicted molar refractivity (Wildman–Crippen MR) is 101 cm³/mol. The van der Waals surface area contributed by atoms with Crippen molar-refractivity contribution in [3.05, 3.63) is 16.1 Å². The van der Waals surface area contributed by atoms with Gasteiger partial charge in [0.05, 0.1) is 6.54 Å². The first-order valence-corrected chi connectivity index (χ1v) is 8.12. The Balaban J connectivity index is 0.00000220. The van der Waals surface area contributed by atoms with Crippen molar-refractivity contribution in [1.82, 2.24) is 20.5 Å². The molecule has 0 bridgehead atoms. The second kappa shape index (κ2) is 9.58. The Morgan fingerprint density at radius 1 is 1.48 bits per heavy atom. The number of guanidine groups is 1. The molecule has 7 heteroatoms. The van der Waals surface area contributed by atoms with Gasteiger partial charge in [-0.1, -0.05) is 0 Å². The molecular weight excluding hydrogens is 397 g/mol. The maximum atomic E-state index is 4.63. The Hall–Kier alpha value is -0.410. The van der Waals surface area contributed by atoms with E-state index >= 15 is 0 Å². The number of nitrogens with one attached hydrogen (secondary N) is 2. The van der Waals surface area contributed by atoms with E-state index in [4.69, 9.17) is 0 Å². The van der Waals surface area contributed by atoms with Crippen molar-refractivity contribution < 1.29 is 0 Å². The van der Waals surface area contributed by atoms with Crippen LogP contribution in [0.25, 0.3) is 0 Å². The van der Waals surface area contributed by atoms with Crippen LogP contribution in [0.15, 0.2) is 10.4 Å². The molecule has 5 nitrogen and oxygen atoms in total. The Morgan fingerprint density at radius 2 is 2.24 bits per heavy atom. The monoisotopic (exact) mass is 423 g/mol. The lowest BCUT2D eigenvalue weighted by Gasteiger charge is -2.13. The van der Waals surface area contributed by atoms with Gasteiger partial charge in [0.15, 0.2) is 5.96 Å². The zero-order valence-electron chi connectivity index (χ0n) is 13.1. The van der Waals surface area contributed by atoms with Crippen LogP contribution in [0.1, 0.15) is 30.0 Å². The van der Waals surface area contributed by atoms with Gasteiger partial charge in [-0.3, -0.25) is 0 Å². The van der Waals surface area contributed by atoms with Crippen LogP contribution in [0.2, 0.25) is 0 Å². The highest BCUT2D eigenvalue weighted by Gasteiger charge is 2.22. The van der Waals surface area contributed by atoms with Gasteiger partial charge in [-0.05, 0) is 46.8 Å². The lowest BCUT2D eigenvalue weighted by atomic mass is 10.4. The zero-order valence-corrected chi connectivity index (χ0v) is 16.2. The van der Waals surface area contributed by atoms with Gasteiger partial charge < -0.3 is 15.5 Å². The quantitative estimate of drug-likeness (QED) is 0.306. The number of rotatable bonds is 7. The van der Waals surface area contributed by atoms with Crippen LogP contribution in [0.3, 0.4) is 0 Å². The SMILES string of the molecule is Cc1csc(CN=C(NCCCN(C)C)NC2CC2)n1.I. The predicted octanol–water partition coefficient (Wildman–Crippen LogP) is 2.22. The fourth-order valence-corrected chi connectivity index (χ4v) is 2.49. The van der Waals surface area contributed by atoms with E-state index in [9.17, 15) is 0 Å². The number of thiazole rings is 1.